The highest BCUT2D eigenvalue weighted by Gasteiger charge is 2.17. The number of hydrogen-bond donors (Lipinski definition) is 1. The number of halogens is 1. The van der Waals surface area contributed by atoms with Crippen molar-refractivity contribution < 1.29 is 4.39 Å². The van der Waals surface area contributed by atoms with Crippen molar-refractivity contribution in [2.75, 3.05) is 6.54 Å². The first-order valence-electron chi connectivity index (χ1n) is 7.54. The molecular weight excluding hydrogens is 265 g/mol. The second-order valence-corrected chi connectivity index (χ2v) is 5.72. The molecule has 3 nitrogen and oxygen atoms in total. The molecular formula is C17H24FN3. The molecule has 0 saturated carbocycles. The lowest BCUT2D eigenvalue weighted by Crippen LogP contribution is -2.24. The minimum Gasteiger partial charge on any atom is -0.310 e. The minimum absolute atomic E-state index is 0.0505. The van der Waals surface area contributed by atoms with E-state index in [1.54, 1.807) is 12.1 Å². The summed E-state index contributed by atoms with van der Waals surface area (Å²) >= 11 is 0. The summed E-state index contributed by atoms with van der Waals surface area (Å²) in [5.41, 5.74) is 2.77. The maximum absolute atomic E-state index is 14.1. The summed E-state index contributed by atoms with van der Waals surface area (Å²) in [4.78, 5) is 0. The average molecular weight is 289 g/mol. The fraction of sp³-hybridized carbons (Fsp3) is 0.471. The molecule has 21 heavy (non-hydrogen) atoms. The van der Waals surface area contributed by atoms with Crippen LogP contribution in [0.5, 0.6) is 0 Å². The van der Waals surface area contributed by atoms with Crippen LogP contribution in [-0.4, -0.2) is 16.3 Å². The highest BCUT2D eigenvalue weighted by molar-refractivity contribution is 5.28. The Morgan fingerprint density at radius 3 is 2.67 bits per heavy atom. The molecule has 0 aliphatic rings. The van der Waals surface area contributed by atoms with Crippen molar-refractivity contribution in [3.8, 4) is 0 Å². The summed E-state index contributed by atoms with van der Waals surface area (Å²) in [7, 11) is 0. The molecule has 0 radical (unpaired) electrons. The van der Waals surface area contributed by atoms with Gasteiger partial charge in [0.25, 0.3) is 0 Å². The van der Waals surface area contributed by atoms with Crippen molar-refractivity contribution in [2.45, 2.75) is 46.2 Å². The molecule has 1 heterocycles. The molecule has 0 fully saturated rings. The van der Waals surface area contributed by atoms with Gasteiger partial charge in [-0.1, -0.05) is 24.6 Å². The first-order chi connectivity index (χ1) is 10.0. The van der Waals surface area contributed by atoms with Crippen molar-refractivity contribution >= 4 is 0 Å². The van der Waals surface area contributed by atoms with Crippen LogP contribution in [0.3, 0.4) is 0 Å². The van der Waals surface area contributed by atoms with E-state index in [1.807, 2.05) is 36.9 Å². The Morgan fingerprint density at radius 1 is 1.29 bits per heavy atom. The molecule has 0 saturated heterocycles. The lowest BCUT2D eigenvalue weighted by Gasteiger charge is -2.18. The Bertz CT molecular complexity index is 589. The molecule has 1 N–H and O–H groups in total. The van der Waals surface area contributed by atoms with Crippen molar-refractivity contribution in [1.82, 2.24) is 15.1 Å². The molecule has 1 aromatic carbocycles. The Morgan fingerprint density at radius 2 is 2.05 bits per heavy atom. The Kier molecular flexibility index (Phi) is 5.12. The number of nitrogens with zero attached hydrogens (tertiary/aromatic N) is 2. The second kappa shape index (κ2) is 6.85. The number of nitrogens with one attached hydrogen (secondary N) is 1. The number of aromatic nitrogens is 2. The van der Waals surface area contributed by atoms with Gasteiger partial charge in [0, 0.05) is 30.3 Å². The van der Waals surface area contributed by atoms with Crippen LogP contribution in [0.25, 0.3) is 0 Å². The van der Waals surface area contributed by atoms with Gasteiger partial charge in [-0.2, -0.15) is 5.10 Å². The summed E-state index contributed by atoms with van der Waals surface area (Å²) in [6.07, 6.45) is 2.67. The molecule has 0 bridgehead atoms. The van der Waals surface area contributed by atoms with Gasteiger partial charge in [-0.25, -0.2) is 4.39 Å². The topological polar surface area (TPSA) is 29.9 Å². The highest BCUT2D eigenvalue weighted by atomic mass is 19.1. The third-order valence-electron chi connectivity index (χ3n) is 3.58. The SMILES string of the molecule is CCNC(Cc1ccn(C(C)C)n1)c1cc(C)ccc1F. The lowest BCUT2D eigenvalue weighted by molar-refractivity contribution is 0.490. The maximum Gasteiger partial charge on any atom is 0.128 e. The van der Waals surface area contributed by atoms with Crippen LogP contribution < -0.4 is 5.32 Å². The molecule has 4 heteroatoms. The Labute approximate surface area is 126 Å². The number of likely N-dealkylation sites (N-methyl/N-ethyl adjacent to an activating group) is 1. The zero-order valence-corrected chi connectivity index (χ0v) is 13.2. The fourth-order valence-electron chi connectivity index (χ4n) is 2.45. The molecule has 2 aromatic rings. The maximum atomic E-state index is 14.1. The molecule has 1 unspecified atom stereocenters. The van der Waals surface area contributed by atoms with E-state index in [0.29, 0.717) is 12.5 Å². The molecule has 1 aromatic heterocycles. The monoisotopic (exact) mass is 289 g/mol. The fourth-order valence-corrected chi connectivity index (χ4v) is 2.45. The summed E-state index contributed by atoms with van der Waals surface area (Å²) in [5, 5.41) is 7.93. The average Bonchev–Trinajstić information content (AvgIpc) is 2.90. The van der Waals surface area contributed by atoms with Gasteiger partial charge in [0.2, 0.25) is 0 Å². The number of benzene rings is 1. The minimum atomic E-state index is -0.158. The van der Waals surface area contributed by atoms with Gasteiger partial charge in [0.1, 0.15) is 5.82 Å². The lowest BCUT2D eigenvalue weighted by atomic mass is 9.99. The molecule has 2 rings (SSSR count). The van der Waals surface area contributed by atoms with E-state index in [4.69, 9.17) is 0 Å². The van der Waals surface area contributed by atoms with E-state index in [0.717, 1.165) is 23.4 Å². The Hall–Kier alpha value is -1.68. The van der Waals surface area contributed by atoms with Gasteiger partial charge in [0.05, 0.1) is 5.69 Å². The largest absolute Gasteiger partial charge is 0.310 e. The van der Waals surface area contributed by atoms with Gasteiger partial charge in [-0.15, -0.1) is 0 Å². The van der Waals surface area contributed by atoms with E-state index in [2.05, 4.69) is 24.3 Å². The van der Waals surface area contributed by atoms with Crippen LogP contribution in [0, 0.1) is 12.7 Å². The first kappa shape index (κ1) is 15.7. The van der Waals surface area contributed by atoms with E-state index in [-0.39, 0.29) is 11.9 Å². The smallest absolute Gasteiger partial charge is 0.128 e. The van der Waals surface area contributed by atoms with Gasteiger partial charge in [-0.05, 0) is 39.4 Å². The molecule has 114 valence electrons. The van der Waals surface area contributed by atoms with E-state index in [9.17, 15) is 4.39 Å². The van der Waals surface area contributed by atoms with Crippen LogP contribution in [0.1, 0.15) is 49.7 Å². The van der Waals surface area contributed by atoms with Crippen molar-refractivity contribution in [1.29, 1.82) is 0 Å². The van der Waals surface area contributed by atoms with Crippen LogP contribution in [0.15, 0.2) is 30.5 Å². The van der Waals surface area contributed by atoms with Gasteiger partial charge in [0.15, 0.2) is 0 Å². The summed E-state index contributed by atoms with van der Waals surface area (Å²) in [5.74, 6) is -0.158. The number of aryl methyl sites for hydroxylation is 1. The van der Waals surface area contributed by atoms with Crippen LogP contribution in [0.2, 0.25) is 0 Å². The van der Waals surface area contributed by atoms with Crippen molar-refractivity contribution in [2.24, 2.45) is 0 Å². The summed E-state index contributed by atoms with van der Waals surface area (Å²) < 4.78 is 16.0. The number of hydrogen-bond acceptors (Lipinski definition) is 2. The van der Waals surface area contributed by atoms with Gasteiger partial charge >= 0.3 is 0 Å². The summed E-state index contributed by atoms with van der Waals surface area (Å²) in [6.45, 7) is 9.01. The molecule has 0 spiro atoms. The van der Waals surface area contributed by atoms with Crippen molar-refractivity contribution in [3.05, 3.63) is 53.1 Å². The quantitative estimate of drug-likeness (QED) is 0.876. The third-order valence-corrected chi connectivity index (χ3v) is 3.58. The Balaban J connectivity index is 2.23. The van der Waals surface area contributed by atoms with Gasteiger partial charge < -0.3 is 5.32 Å². The molecule has 0 amide bonds. The first-order valence-corrected chi connectivity index (χ1v) is 7.54. The van der Waals surface area contributed by atoms with E-state index >= 15 is 0 Å². The summed E-state index contributed by atoms with van der Waals surface area (Å²) in [6, 6.07) is 7.56. The van der Waals surface area contributed by atoms with E-state index < -0.39 is 0 Å². The normalized spacial score (nSPS) is 12.9. The predicted molar refractivity (Wildman–Crippen MR) is 83.9 cm³/mol. The van der Waals surface area contributed by atoms with Crippen LogP contribution >= 0.6 is 0 Å². The number of rotatable bonds is 6. The zero-order chi connectivity index (χ0) is 15.4. The second-order valence-electron chi connectivity index (χ2n) is 5.72. The van der Waals surface area contributed by atoms with Crippen LogP contribution in [0.4, 0.5) is 4.39 Å². The highest BCUT2D eigenvalue weighted by Crippen LogP contribution is 2.22. The zero-order valence-electron chi connectivity index (χ0n) is 13.2. The van der Waals surface area contributed by atoms with E-state index in [1.165, 1.54) is 0 Å². The molecule has 0 aliphatic heterocycles. The third kappa shape index (κ3) is 3.91. The van der Waals surface area contributed by atoms with Crippen LogP contribution in [-0.2, 0) is 6.42 Å². The van der Waals surface area contributed by atoms with Crippen molar-refractivity contribution in [3.63, 3.8) is 0 Å². The molecule has 0 aliphatic carbocycles. The standard InChI is InChI=1S/C17H24FN3/c1-5-19-17(15-10-13(4)6-7-16(15)18)11-14-8-9-21(20-14)12(2)3/h6-10,12,17,19H,5,11H2,1-4H3. The molecule has 1 atom stereocenters. The van der Waals surface area contributed by atoms with Gasteiger partial charge in [-0.3, -0.25) is 4.68 Å². The predicted octanol–water partition coefficient (Wildman–Crippen LogP) is 3.80.